The van der Waals surface area contributed by atoms with E-state index in [4.69, 9.17) is 5.11 Å². The van der Waals surface area contributed by atoms with E-state index in [2.05, 4.69) is 4.98 Å². The molecular weight excluding hydrogens is 378 g/mol. The first-order valence-electron chi connectivity index (χ1n) is 9.24. The summed E-state index contributed by atoms with van der Waals surface area (Å²) in [6.45, 7) is 1.80. The molecule has 1 saturated heterocycles. The molecule has 1 amide bonds. The summed E-state index contributed by atoms with van der Waals surface area (Å²) in [4.78, 5) is 42.1. The van der Waals surface area contributed by atoms with Crippen LogP contribution in [-0.2, 0) is 16.1 Å². The Kier molecular flexibility index (Phi) is 5.21. The third-order valence-corrected chi connectivity index (χ3v) is 6.28. The first-order valence-corrected chi connectivity index (χ1v) is 10.4. The van der Waals surface area contributed by atoms with Gasteiger partial charge in [0.05, 0.1) is 11.5 Å². The molecule has 8 heteroatoms. The van der Waals surface area contributed by atoms with Gasteiger partial charge in [-0.25, -0.2) is 0 Å². The van der Waals surface area contributed by atoms with Crippen LogP contribution in [0.2, 0.25) is 0 Å². The number of nitrogens with zero attached hydrogens (tertiary/aromatic N) is 3. The quantitative estimate of drug-likeness (QED) is 0.822. The third-order valence-electron chi connectivity index (χ3n) is 5.38. The van der Waals surface area contributed by atoms with E-state index in [1.54, 1.807) is 12.4 Å². The summed E-state index contributed by atoms with van der Waals surface area (Å²) in [5.74, 6) is -0.451. The van der Waals surface area contributed by atoms with Crippen molar-refractivity contribution in [3.63, 3.8) is 0 Å². The minimum Gasteiger partial charge on any atom is -0.481 e. The molecule has 7 nitrogen and oxygen atoms in total. The summed E-state index contributed by atoms with van der Waals surface area (Å²) in [7, 11) is 0. The Morgan fingerprint density at radius 1 is 1.18 bits per heavy atom. The minimum absolute atomic E-state index is 0.00279. The number of piperidine rings is 1. The first-order chi connectivity index (χ1) is 13.5. The highest BCUT2D eigenvalue weighted by atomic mass is 32.2. The Hall–Kier alpha value is -2.61. The first kappa shape index (κ1) is 18.7. The van der Waals surface area contributed by atoms with Crippen molar-refractivity contribution in [2.45, 2.75) is 18.9 Å². The molecule has 2 aromatic rings. The van der Waals surface area contributed by atoms with Crippen molar-refractivity contribution in [2.24, 2.45) is 5.92 Å². The van der Waals surface area contributed by atoms with Crippen LogP contribution in [0.4, 0.5) is 0 Å². The van der Waals surface area contributed by atoms with Crippen molar-refractivity contribution in [3.05, 3.63) is 52.7 Å². The maximum atomic E-state index is 13.1. The lowest BCUT2D eigenvalue weighted by atomic mass is 9.83. The van der Waals surface area contributed by atoms with Gasteiger partial charge in [-0.3, -0.25) is 19.4 Å². The van der Waals surface area contributed by atoms with Crippen LogP contribution in [0.5, 0.6) is 0 Å². The SMILES string of the molecule is O=C(O)CSCC(=O)N1CC2CC(C1)c1ccc(-c3cccnc3)c(=O)n1C2. The van der Waals surface area contributed by atoms with E-state index in [1.807, 2.05) is 33.7 Å². The highest BCUT2D eigenvalue weighted by Crippen LogP contribution is 2.36. The summed E-state index contributed by atoms with van der Waals surface area (Å²) < 4.78 is 1.86. The van der Waals surface area contributed by atoms with Crippen LogP contribution in [0.3, 0.4) is 0 Å². The zero-order valence-electron chi connectivity index (χ0n) is 15.3. The van der Waals surface area contributed by atoms with Gasteiger partial charge < -0.3 is 14.6 Å². The monoisotopic (exact) mass is 399 g/mol. The Balaban J connectivity index is 1.54. The number of hydrogen-bond acceptors (Lipinski definition) is 5. The summed E-state index contributed by atoms with van der Waals surface area (Å²) in [6, 6.07) is 7.56. The van der Waals surface area contributed by atoms with Gasteiger partial charge in [0, 0.05) is 54.8 Å². The number of hydrogen-bond donors (Lipinski definition) is 1. The molecule has 1 N–H and O–H groups in total. The molecule has 2 aliphatic rings. The van der Waals surface area contributed by atoms with Gasteiger partial charge >= 0.3 is 5.97 Å². The van der Waals surface area contributed by atoms with Gasteiger partial charge in [0.1, 0.15) is 0 Å². The number of rotatable bonds is 5. The number of aliphatic carboxylic acids is 1. The molecule has 2 atom stereocenters. The van der Waals surface area contributed by atoms with Crippen LogP contribution >= 0.6 is 11.8 Å². The predicted molar refractivity (Wildman–Crippen MR) is 106 cm³/mol. The number of amides is 1. The minimum atomic E-state index is -0.911. The predicted octanol–water partition coefficient (Wildman–Crippen LogP) is 1.67. The molecule has 0 aliphatic carbocycles. The molecular formula is C20H21N3O4S. The molecule has 0 aromatic carbocycles. The molecule has 2 aliphatic heterocycles. The van der Waals surface area contributed by atoms with E-state index >= 15 is 0 Å². The van der Waals surface area contributed by atoms with E-state index in [0.717, 1.165) is 29.4 Å². The molecule has 28 heavy (non-hydrogen) atoms. The number of carbonyl (C=O) groups excluding carboxylic acids is 1. The Morgan fingerprint density at radius 2 is 2.04 bits per heavy atom. The molecule has 0 radical (unpaired) electrons. The number of carbonyl (C=O) groups is 2. The van der Waals surface area contributed by atoms with Crippen LogP contribution in [-0.4, -0.2) is 56.0 Å². The van der Waals surface area contributed by atoms with Crippen LogP contribution in [0.1, 0.15) is 18.0 Å². The molecule has 0 saturated carbocycles. The Bertz CT molecular complexity index is 960. The number of carboxylic acids is 1. The smallest absolute Gasteiger partial charge is 0.313 e. The van der Waals surface area contributed by atoms with Crippen molar-refractivity contribution in [1.82, 2.24) is 14.5 Å². The molecule has 2 aromatic heterocycles. The zero-order valence-corrected chi connectivity index (χ0v) is 16.1. The topological polar surface area (TPSA) is 92.5 Å². The second-order valence-corrected chi connectivity index (χ2v) is 8.30. The fourth-order valence-electron chi connectivity index (χ4n) is 4.21. The van der Waals surface area contributed by atoms with Crippen LogP contribution < -0.4 is 5.56 Å². The van der Waals surface area contributed by atoms with E-state index in [-0.39, 0.29) is 34.8 Å². The van der Waals surface area contributed by atoms with Gasteiger partial charge in [-0.2, -0.15) is 0 Å². The van der Waals surface area contributed by atoms with E-state index in [0.29, 0.717) is 25.2 Å². The lowest BCUT2D eigenvalue weighted by molar-refractivity contribution is -0.133. The number of pyridine rings is 2. The summed E-state index contributed by atoms with van der Waals surface area (Å²) in [6.07, 6.45) is 4.35. The van der Waals surface area contributed by atoms with Crippen molar-refractivity contribution in [2.75, 3.05) is 24.6 Å². The van der Waals surface area contributed by atoms with E-state index in [1.165, 1.54) is 0 Å². The van der Waals surface area contributed by atoms with Crippen molar-refractivity contribution in [3.8, 4) is 11.1 Å². The van der Waals surface area contributed by atoms with E-state index < -0.39 is 5.97 Å². The Morgan fingerprint density at radius 3 is 2.79 bits per heavy atom. The number of aromatic nitrogens is 2. The molecule has 146 valence electrons. The third kappa shape index (κ3) is 3.69. The maximum Gasteiger partial charge on any atom is 0.313 e. The number of thioether (sulfide) groups is 1. The number of fused-ring (bicyclic) bond motifs is 4. The second-order valence-electron chi connectivity index (χ2n) is 7.31. The van der Waals surface area contributed by atoms with Crippen LogP contribution in [0, 0.1) is 5.92 Å². The Labute approximate surface area is 166 Å². The number of likely N-dealkylation sites (tertiary alicyclic amines) is 1. The molecule has 1 fully saturated rings. The maximum absolute atomic E-state index is 13.1. The van der Waals surface area contributed by atoms with Crippen LogP contribution in [0.25, 0.3) is 11.1 Å². The molecule has 2 bridgehead atoms. The fraction of sp³-hybridized carbons (Fsp3) is 0.400. The average molecular weight is 399 g/mol. The molecule has 4 rings (SSSR count). The summed E-state index contributed by atoms with van der Waals surface area (Å²) in [5.41, 5.74) is 2.43. The lowest BCUT2D eigenvalue weighted by Crippen LogP contribution is -2.49. The standard InChI is InChI=1S/C20H21N3O4S/c24-18(11-28-12-19(25)26)22-8-13-6-15(10-22)17-4-3-16(20(27)23(17)9-13)14-2-1-5-21-7-14/h1-5,7,13,15H,6,8-12H2,(H,25,26). The largest absolute Gasteiger partial charge is 0.481 e. The summed E-state index contributed by atoms with van der Waals surface area (Å²) in [5, 5.41) is 8.73. The van der Waals surface area contributed by atoms with Crippen molar-refractivity contribution >= 4 is 23.6 Å². The highest BCUT2D eigenvalue weighted by Gasteiger charge is 2.36. The van der Waals surface area contributed by atoms with Gasteiger partial charge in [-0.05, 0) is 30.5 Å². The van der Waals surface area contributed by atoms with Crippen LogP contribution in [0.15, 0.2) is 41.5 Å². The summed E-state index contributed by atoms with van der Waals surface area (Å²) >= 11 is 1.13. The van der Waals surface area contributed by atoms with Gasteiger partial charge in [0.2, 0.25) is 5.91 Å². The second kappa shape index (κ2) is 7.79. The average Bonchev–Trinajstić information content (AvgIpc) is 2.69. The number of carboxylic acid groups (broad SMARTS) is 1. The molecule has 4 heterocycles. The lowest BCUT2D eigenvalue weighted by Gasteiger charge is -2.43. The fourth-order valence-corrected chi connectivity index (χ4v) is 4.84. The highest BCUT2D eigenvalue weighted by molar-refractivity contribution is 8.00. The van der Waals surface area contributed by atoms with E-state index in [9.17, 15) is 14.4 Å². The van der Waals surface area contributed by atoms with Gasteiger partial charge in [0.25, 0.3) is 5.56 Å². The van der Waals surface area contributed by atoms with Crippen molar-refractivity contribution < 1.29 is 14.7 Å². The van der Waals surface area contributed by atoms with Crippen molar-refractivity contribution in [1.29, 1.82) is 0 Å². The normalized spacial score (nSPS) is 20.5. The van der Waals surface area contributed by atoms with Gasteiger partial charge in [0.15, 0.2) is 0 Å². The zero-order chi connectivity index (χ0) is 19.7. The van der Waals surface area contributed by atoms with Gasteiger partial charge in [-0.1, -0.05) is 6.07 Å². The van der Waals surface area contributed by atoms with Gasteiger partial charge in [-0.15, -0.1) is 11.8 Å². The molecule has 0 spiro atoms. The molecule has 2 unspecified atom stereocenters.